The molecule has 2 N–H and O–H groups in total. The van der Waals surface area contributed by atoms with Crippen LogP contribution >= 0.6 is 24.8 Å². The van der Waals surface area contributed by atoms with Crippen LogP contribution in [0.2, 0.25) is 0 Å². The summed E-state index contributed by atoms with van der Waals surface area (Å²) in [5, 5.41) is 6.08. The van der Waals surface area contributed by atoms with Crippen LogP contribution in [0.4, 0.5) is 4.39 Å². The molecule has 0 bridgehead atoms. The van der Waals surface area contributed by atoms with Gasteiger partial charge in [0.25, 0.3) is 0 Å². The Labute approximate surface area is 159 Å². The molecule has 1 aliphatic heterocycles. The molecule has 5 nitrogen and oxygen atoms in total. The molecule has 1 atom stereocenters. The van der Waals surface area contributed by atoms with Crippen LogP contribution in [0.1, 0.15) is 30.7 Å². The van der Waals surface area contributed by atoms with Gasteiger partial charge in [0.15, 0.2) is 0 Å². The van der Waals surface area contributed by atoms with Crippen LogP contribution in [0.25, 0.3) is 5.69 Å². The Balaban J connectivity index is 0.00000156. The van der Waals surface area contributed by atoms with E-state index in [1.807, 2.05) is 13.0 Å². The molecular formula is C17H23Cl2FN4O. The van der Waals surface area contributed by atoms with E-state index in [9.17, 15) is 9.18 Å². The van der Waals surface area contributed by atoms with E-state index >= 15 is 0 Å². The van der Waals surface area contributed by atoms with Crippen LogP contribution in [0, 0.1) is 12.7 Å². The third-order valence-electron chi connectivity index (χ3n) is 4.19. The van der Waals surface area contributed by atoms with Crippen LogP contribution in [-0.4, -0.2) is 28.0 Å². The highest BCUT2D eigenvalue weighted by Gasteiger charge is 2.20. The Morgan fingerprint density at radius 1 is 1.40 bits per heavy atom. The molecule has 0 radical (unpaired) electrons. The molecule has 3 rings (SSSR count). The molecule has 1 saturated heterocycles. The minimum atomic E-state index is -0.325. The van der Waals surface area contributed by atoms with Gasteiger partial charge in [0.1, 0.15) is 11.6 Å². The molecule has 1 aliphatic rings. The molecule has 0 aliphatic carbocycles. The van der Waals surface area contributed by atoms with Gasteiger partial charge in [-0.2, -0.15) is 0 Å². The van der Waals surface area contributed by atoms with E-state index in [2.05, 4.69) is 15.6 Å². The summed E-state index contributed by atoms with van der Waals surface area (Å²) in [5.41, 5.74) is 1.21. The van der Waals surface area contributed by atoms with Crippen molar-refractivity contribution in [2.45, 2.75) is 38.8 Å². The van der Waals surface area contributed by atoms with Crippen molar-refractivity contribution in [1.29, 1.82) is 0 Å². The fourth-order valence-electron chi connectivity index (χ4n) is 2.88. The van der Waals surface area contributed by atoms with Crippen LogP contribution in [0.15, 0.2) is 30.6 Å². The average Bonchev–Trinajstić information content (AvgIpc) is 2.99. The van der Waals surface area contributed by atoms with Crippen molar-refractivity contribution in [2.75, 3.05) is 6.54 Å². The van der Waals surface area contributed by atoms with E-state index in [0.29, 0.717) is 12.2 Å². The Kier molecular flexibility index (Phi) is 8.35. The van der Waals surface area contributed by atoms with Gasteiger partial charge >= 0.3 is 0 Å². The molecule has 8 heteroatoms. The fraction of sp³-hybridized carbons (Fsp3) is 0.412. The summed E-state index contributed by atoms with van der Waals surface area (Å²) >= 11 is 0. The fourth-order valence-corrected chi connectivity index (χ4v) is 2.88. The number of nitrogens with zero attached hydrogens (tertiary/aromatic N) is 2. The Bertz CT molecular complexity index is 702. The van der Waals surface area contributed by atoms with Gasteiger partial charge in [-0.15, -0.1) is 24.8 Å². The number of carbonyl (C=O) groups excluding carboxylic acids is 1. The summed E-state index contributed by atoms with van der Waals surface area (Å²) in [4.78, 5) is 16.2. The zero-order chi connectivity index (χ0) is 16.2. The first-order valence-electron chi connectivity index (χ1n) is 7.95. The maximum atomic E-state index is 14.3. The standard InChI is InChI=1S/C17H21FN4O.2ClH/c1-12-19-8-9-22(12)16-6-5-13(10-14(16)18)11-21-17(23)15-4-2-3-7-20-15;;/h5-6,8-10,15,20H,2-4,7,11H2,1H3,(H,21,23);2*1H. The number of aromatic nitrogens is 2. The second kappa shape index (κ2) is 9.75. The first-order valence-corrected chi connectivity index (χ1v) is 7.95. The van der Waals surface area contributed by atoms with E-state index in [0.717, 1.165) is 37.2 Å². The number of imidazole rings is 1. The van der Waals surface area contributed by atoms with E-state index in [-0.39, 0.29) is 42.6 Å². The van der Waals surface area contributed by atoms with Crippen LogP contribution in [0.5, 0.6) is 0 Å². The molecule has 1 amide bonds. The predicted octanol–water partition coefficient (Wildman–Crippen LogP) is 2.92. The van der Waals surface area contributed by atoms with Gasteiger partial charge < -0.3 is 15.2 Å². The second-order valence-electron chi connectivity index (χ2n) is 5.85. The lowest BCUT2D eigenvalue weighted by Gasteiger charge is -2.22. The number of benzene rings is 1. The normalized spacial score (nSPS) is 16.5. The highest BCUT2D eigenvalue weighted by Crippen LogP contribution is 2.17. The van der Waals surface area contributed by atoms with Crippen molar-refractivity contribution >= 4 is 30.7 Å². The molecule has 0 spiro atoms. The summed E-state index contributed by atoms with van der Waals surface area (Å²) in [6.45, 7) is 3.04. The summed E-state index contributed by atoms with van der Waals surface area (Å²) in [6, 6.07) is 4.88. The lowest BCUT2D eigenvalue weighted by atomic mass is 10.0. The maximum Gasteiger partial charge on any atom is 0.237 e. The van der Waals surface area contributed by atoms with Crippen molar-refractivity contribution in [3.8, 4) is 5.69 Å². The topological polar surface area (TPSA) is 59.0 Å². The van der Waals surface area contributed by atoms with Gasteiger partial charge in [-0.25, -0.2) is 9.37 Å². The molecule has 1 fully saturated rings. The molecule has 1 aromatic heterocycles. The van der Waals surface area contributed by atoms with Crippen molar-refractivity contribution < 1.29 is 9.18 Å². The average molecular weight is 389 g/mol. The SMILES string of the molecule is Cc1nccn1-c1ccc(CNC(=O)C2CCCCN2)cc1F.Cl.Cl. The van der Waals surface area contributed by atoms with Gasteiger partial charge in [0.2, 0.25) is 5.91 Å². The molecule has 1 aromatic carbocycles. The highest BCUT2D eigenvalue weighted by atomic mass is 35.5. The number of halogens is 3. The van der Waals surface area contributed by atoms with Gasteiger partial charge in [-0.05, 0) is 44.0 Å². The summed E-state index contributed by atoms with van der Waals surface area (Å²) < 4.78 is 16.0. The van der Waals surface area contributed by atoms with Crippen molar-refractivity contribution in [3.05, 3.63) is 47.8 Å². The Morgan fingerprint density at radius 3 is 2.80 bits per heavy atom. The van der Waals surface area contributed by atoms with Crippen LogP contribution < -0.4 is 10.6 Å². The van der Waals surface area contributed by atoms with Crippen molar-refractivity contribution in [2.24, 2.45) is 0 Å². The largest absolute Gasteiger partial charge is 0.351 e. The maximum absolute atomic E-state index is 14.3. The summed E-state index contributed by atoms with van der Waals surface area (Å²) in [6.07, 6.45) is 6.41. The lowest BCUT2D eigenvalue weighted by molar-refractivity contribution is -0.123. The van der Waals surface area contributed by atoms with Gasteiger partial charge in [0.05, 0.1) is 11.7 Å². The van der Waals surface area contributed by atoms with Crippen molar-refractivity contribution in [1.82, 2.24) is 20.2 Å². The minimum Gasteiger partial charge on any atom is -0.351 e. The third kappa shape index (κ3) is 5.17. The first kappa shape index (κ1) is 21.4. The quantitative estimate of drug-likeness (QED) is 0.846. The van der Waals surface area contributed by atoms with Crippen molar-refractivity contribution in [3.63, 3.8) is 0 Å². The zero-order valence-electron chi connectivity index (χ0n) is 14.0. The van der Waals surface area contributed by atoms with Gasteiger partial charge in [-0.3, -0.25) is 4.79 Å². The zero-order valence-corrected chi connectivity index (χ0v) is 15.6. The third-order valence-corrected chi connectivity index (χ3v) is 4.19. The number of nitrogens with one attached hydrogen (secondary N) is 2. The summed E-state index contributed by atoms with van der Waals surface area (Å²) in [5.74, 6) is 0.390. The second-order valence-corrected chi connectivity index (χ2v) is 5.85. The lowest BCUT2D eigenvalue weighted by Crippen LogP contribution is -2.46. The smallest absolute Gasteiger partial charge is 0.237 e. The summed E-state index contributed by atoms with van der Waals surface area (Å²) in [7, 11) is 0. The number of amides is 1. The monoisotopic (exact) mass is 388 g/mol. The Hall–Kier alpha value is -1.63. The molecule has 0 saturated carbocycles. The number of hydrogen-bond donors (Lipinski definition) is 2. The Morgan fingerprint density at radius 2 is 2.20 bits per heavy atom. The van der Waals surface area contributed by atoms with Gasteiger partial charge in [-0.1, -0.05) is 12.5 Å². The highest BCUT2D eigenvalue weighted by molar-refractivity contribution is 5.85. The predicted molar refractivity (Wildman–Crippen MR) is 100 cm³/mol. The van der Waals surface area contributed by atoms with E-state index in [1.54, 1.807) is 23.0 Å². The molecule has 2 aromatic rings. The van der Waals surface area contributed by atoms with Crippen LogP contribution in [-0.2, 0) is 11.3 Å². The van der Waals surface area contributed by atoms with E-state index in [4.69, 9.17) is 0 Å². The minimum absolute atomic E-state index is 0. The number of rotatable bonds is 4. The van der Waals surface area contributed by atoms with E-state index in [1.165, 1.54) is 6.07 Å². The van der Waals surface area contributed by atoms with E-state index < -0.39 is 0 Å². The molecule has 2 heterocycles. The molecular weight excluding hydrogens is 366 g/mol. The molecule has 1 unspecified atom stereocenters. The molecule has 25 heavy (non-hydrogen) atoms. The van der Waals surface area contributed by atoms with Crippen LogP contribution in [0.3, 0.4) is 0 Å². The number of piperidine rings is 1. The number of carbonyl (C=O) groups is 1. The van der Waals surface area contributed by atoms with Gasteiger partial charge in [0, 0.05) is 18.9 Å². The number of hydrogen-bond acceptors (Lipinski definition) is 3. The first-order chi connectivity index (χ1) is 11.1. The number of aryl methyl sites for hydroxylation is 1. The molecule has 138 valence electrons.